The molecule has 0 bridgehead atoms. The van der Waals surface area contributed by atoms with Gasteiger partial charge in [-0.05, 0) is 0 Å². The Labute approximate surface area is 114 Å². The largest absolute Gasteiger partial charge is 0.378 e. The molecule has 1 saturated heterocycles. The second kappa shape index (κ2) is 6.16. The minimum atomic E-state index is -0.715. The van der Waals surface area contributed by atoms with Crippen molar-refractivity contribution in [3.05, 3.63) is 32.6 Å². The fraction of sp³-hybridized carbons (Fsp3) is 0.500. The number of aromatic amines is 1. The van der Waals surface area contributed by atoms with Gasteiger partial charge in [0, 0.05) is 32.3 Å². The zero-order valence-electron chi connectivity index (χ0n) is 10.8. The van der Waals surface area contributed by atoms with E-state index in [0.717, 1.165) is 4.57 Å². The van der Waals surface area contributed by atoms with Gasteiger partial charge in [-0.25, -0.2) is 4.79 Å². The van der Waals surface area contributed by atoms with Crippen LogP contribution >= 0.6 is 0 Å². The number of hydrogen-bond donors (Lipinski definition) is 1. The first kappa shape index (κ1) is 14.0. The predicted octanol–water partition coefficient (Wildman–Crippen LogP) is -1.34. The number of aryl methyl sites for hydroxylation is 1. The summed E-state index contributed by atoms with van der Waals surface area (Å²) in [6.07, 6.45) is 1.31. The zero-order chi connectivity index (χ0) is 14.5. The van der Waals surface area contributed by atoms with Gasteiger partial charge in [-0.15, -0.1) is 0 Å². The third-order valence-corrected chi connectivity index (χ3v) is 3.06. The third-order valence-electron chi connectivity index (χ3n) is 3.06. The van der Waals surface area contributed by atoms with Crippen LogP contribution in [-0.4, -0.2) is 46.7 Å². The number of ether oxygens (including phenoxy) is 1. The molecule has 8 heteroatoms. The normalized spacial score (nSPS) is 14.8. The summed E-state index contributed by atoms with van der Waals surface area (Å²) in [7, 11) is 0. The Morgan fingerprint density at radius 3 is 2.75 bits per heavy atom. The Hall–Kier alpha value is -2.40. The van der Waals surface area contributed by atoms with Crippen molar-refractivity contribution in [2.24, 2.45) is 0 Å². The summed E-state index contributed by atoms with van der Waals surface area (Å²) in [4.78, 5) is 38.4. The molecule has 1 amide bonds. The summed E-state index contributed by atoms with van der Waals surface area (Å²) in [5, 5.41) is 8.74. The summed E-state index contributed by atoms with van der Waals surface area (Å²) < 4.78 is 6.32. The van der Waals surface area contributed by atoms with E-state index in [1.54, 1.807) is 11.0 Å². The van der Waals surface area contributed by atoms with Gasteiger partial charge in [-0.3, -0.25) is 19.1 Å². The van der Waals surface area contributed by atoms with Crippen molar-refractivity contribution in [2.45, 2.75) is 13.0 Å². The number of nitrogens with one attached hydrogen (secondary N) is 1. The highest BCUT2D eigenvalue weighted by Crippen LogP contribution is 2.01. The molecule has 2 rings (SSSR count). The van der Waals surface area contributed by atoms with Crippen LogP contribution in [0.3, 0.4) is 0 Å². The molecule has 1 aliphatic heterocycles. The van der Waals surface area contributed by atoms with Crippen LogP contribution in [0.4, 0.5) is 0 Å². The van der Waals surface area contributed by atoms with Crippen molar-refractivity contribution in [1.29, 1.82) is 5.26 Å². The SMILES string of the molecule is N#Cc1cn(CCC(=O)N2CCOCC2)c(=O)[nH]c1=O. The maximum absolute atomic E-state index is 11.9. The molecular formula is C12H14N4O4. The molecule has 1 N–H and O–H groups in total. The van der Waals surface area contributed by atoms with Crippen LogP contribution in [0.1, 0.15) is 12.0 Å². The van der Waals surface area contributed by atoms with Gasteiger partial charge in [-0.1, -0.05) is 0 Å². The number of amides is 1. The van der Waals surface area contributed by atoms with Crippen molar-refractivity contribution < 1.29 is 9.53 Å². The number of aromatic nitrogens is 2. The first-order valence-electron chi connectivity index (χ1n) is 6.21. The fourth-order valence-electron chi connectivity index (χ4n) is 1.94. The molecule has 0 aliphatic carbocycles. The van der Waals surface area contributed by atoms with Crippen LogP contribution in [-0.2, 0) is 16.1 Å². The van der Waals surface area contributed by atoms with Gasteiger partial charge in [0.25, 0.3) is 5.56 Å². The monoisotopic (exact) mass is 278 g/mol. The number of carbonyl (C=O) groups excluding carboxylic acids is 1. The van der Waals surface area contributed by atoms with E-state index < -0.39 is 11.2 Å². The topological polar surface area (TPSA) is 108 Å². The smallest absolute Gasteiger partial charge is 0.328 e. The molecule has 2 heterocycles. The maximum Gasteiger partial charge on any atom is 0.328 e. The van der Waals surface area contributed by atoms with E-state index >= 15 is 0 Å². The highest BCUT2D eigenvalue weighted by Gasteiger charge is 2.16. The lowest BCUT2D eigenvalue weighted by Gasteiger charge is -2.26. The maximum atomic E-state index is 11.9. The van der Waals surface area contributed by atoms with Crippen LogP contribution in [0.15, 0.2) is 15.8 Å². The average molecular weight is 278 g/mol. The number of nitriles is 1. The molecule has 0 unspecified atom stereocenters. The molecule has 0 radical (unpaired) electrons. The molecule has 1 fully saturated rings. The van der Waals surface area contributed by atoms with Gasteiger partial charge in [0.2, 0.25) is 5.91 Å². The molecule has 0 atom stereocenters. The number of morpholine rings is 1. The van der Waals surface area contributed by atoms with Gasteiger partial charge in [0.05, 0.1) is 13.2 Å². The lowest BCUT2D eigenvalue weighted by atomic mass is 10.3. The second-order valence-electron chi connectivity index (χ2n) is 4.35. The van der Waals surface area contributed by atoms with Gasteiger partial charge in [-0.2, -0.15) is 5.26 Å². The molecule has 1 aromatic rings. The van der Waals surface area contributed by atoms with Crippen molar-refractivity contribution >= 4 is 5.91 Å². The number of carbonyl (C=O) groups is 1. The number of rotatable bonds is 3. The van der Waals surface area contributed by atoms with Gasteiger partial charge in [0.15, 0.2) is 0 Å². The molecule has 20 heavy (non-hydrogen) atoms. The first-order chi connectivity index (χ1) is 9.61. The van der Waals surface area contributed by atoms with E-state index in [9.17, 15) is 14.4 Å². The third kappa shape index (κ3) is 3.13. The zero-order valence-corrected chi connectivity index (χ0v) is 10.8. The van der Waals surface area contributed by atoms with E-state index in [2.05, 4.69) is 0 Å². The molecular weight excluding hydrogens is 264 g/mol. The van der Waals surface area contributed by atoms with Crippen molar-refractivity contribution in [2.75, 3.05) is 26.3 Å². The van der Waals surface area contributed by atoms with Crippen LogP contribution in [0.5, 0.6) is 0 Å². The number of nitrogens with zero attached hydrogens (tertiary/aromatic N) is 3. The minimum absolute atomic E-state index is 0.0788. The fourth-order valence-corrected chi connectivity index (χ4v) is 1.94. The number of hydrogen-bond acceptors (Lipinski definition) is 5. The quantitative estimate of drug-likeness (QED) is 0.736. The van der Waals surface area contributed by atoms with E-state index in [4.69, 9.17) is 10.00 Å². The predicted molar refractivity (Wildman–Crippen MR) is 68.1 cm³/mol. The van der Waals surface area contributed by atoms with E-state index in [0.29, 0.717) is 26.3 Å². The Morgan fingerprint density at radius 2 is 2.10 bits per heavy atom. The summed E-state index contributed by atoms with van der Waals surface area (Å²) >= 11 is 0. The van der Waals surface area contributed by atoms with Crippen molar-refractivity contribution in [3.63, 3.8) is 0 Å². The van der Waals surface area contributed by atoms with Crippen LogP contribution in [0.2, 0.25) is 0 Å². The molecule has 106 valence electrons. The van der Waals surface area contributed by atoms with Gasteiger partial charge < -0.3 is 9.64 Å². The summed E-state index contributed by atoms with van der Waals surface area (Å²) in [6, 6.07) is 1.70. The van der Waals surface area contributed by atoms with Crippen molar-refractivity contribution in [1.82, 2.24) is 14.5 Å². The summed E-state index contributed by atoms with van der Waals surface area (Å²) in [5.74, 6) is -0.0788. The molecule has 8 nitrogen and oxygen atoms in total. The number of H-pyrrole nitrogens is 1. The van der Waals surface area contributed by atoms with E-state index in [1.807, 2.05) is 4.98 Å². The van der Waals surface area contributed by atoms with Crippen molar-refractivity contribution in [3.8, 4) is 6.07 Å². The highest BCUT2D eigenvalue weighted by molar-refractivity contribution is 5.76. The molecule has 1 aromatic heterocycles. The minimum Gasteiger partial charge on any atom is -0.378 e. The molecule has 1 aliphatic rings. The van der Waals surface area contributed by atoms with Crippen LogP contribution < -0.4 is 11.2 Å². The lowest BCUT2D eigenvalue weighted by molar-refractivity contribution is -0.135. The van der Waals surface area contributed by atoms with Gasteiger partial charge >= 0.3 is 5.69 Å². The molecule has 0 spiro atoms. The molecule has 0 aromatic carbocycles. The van der Waals surface area contributed by atoms with E-state index in [1.165, 1.54) is 6.20 Å². The van der Waals surface area contributed by atoms with Gasteiger partial charge in [0.1, 0.15) is 11.6 Å². The summed E-state index contributed by atoms with van der Waals surface area (Å²) in [5.41, 5.74) is -1.49. The summed E-state index contributed by atoms with van der Waals surface area (Å²) in [6.45, 7) is 2.25. The van der Waals surface area contributed by atoms with E-state index in [-0.39, 0.29) is 24.4 Å². The highest BCUT2D eigenvalue weighted by atomic mass is 16.5. The average Bonchev–Trinajstić information content (AvgIpc) is 2.47. The Kier molecular flexibility index (Phi) is 4.32. The second-order valence-corrected chi connectivity index (χ2v) is 4.35. The van der Waals surface area contributed by atoms with Crippen LogP contribution in [0, 0.1) is 11.3 Å². The Balaban J connectivity index is 2.04. The standard InChI is InChI=1S/C12H14N4O4/c13-7-9-8-16(12(19)14-11(9)18)2-1-10(17)15-3-5-20-6-4-15/h8H,1-6H2,(H,14,18,19). The lowest BCUT2D eigenvalue weighted by Crippen LogP contribution is -2.41. The Bertz CT molecular complexity index is 649. The Morgan fingerprint density at radius 1 is 1.40 bits per heavy atom. The molecule has 0 saturated carbocycles. The first-order valence-corrected chi connectivity index (χ1v) is 6.21. The van der Waals surface area contributed by atoms with Crippen LogP contribution in [0.25, 0.3) is 0 Å².